The Labute approximate surface area is 327 Å². The number of halogens is 4. The molecule has 0 aromatic heterocycles. The van der Waals surface area contributed by atoms with Crippen molar-refractivity contribution in [2.75, 3.05) is 36.1 Å². The van der Waals surface area contributed by atoms with E-state index in [4.69, 9.17) is 55.9 Å². The molecule has 7 rings (SSSR count). The number of nitrogens with one attached hydrogen (secondary N) is 1. The lowest BCUT2D eigenvalue weighted by molar-refractivity contribution is -0.122. The third-order valence-electron chi connectivity index (χ3n) is 9.78. The lowest BCUT2D eigenvalue weighted by Gasteiger charge is -2.32. The van der Waals surface area contributed by atoms with Gasteiger partial charge in [-0.2, -0.15) is 0 Å². The number of ether oxygens (including phenoxy) is 2. The molecule has 0 spiro atoms. The number of nitrogens with zero attached hydrogens (tertiary/aromatic N) is 2. The van der Waals surface area contributed by atoms with Gasteiger partial charge in [-0.25, -0.2) is 0 Å². The van der Waals surface area contributed by atoms with Crippen LogP contribution in [-0.2, 0) is 19.2 Å². The summed E-state index contributed by atoms with van der Waals surface area (Å²) in [6, 6.07) is 18.2. The number of benzene rings is 4. The molecule has 3 aliphatic rings. The zero-order chi connectivity index (χ0) is 37.6. The number of rotatable bonds is 10. The van der Waals surface area contributed by atoms with Crippen molar-refractivity contribution in [3.05, 3.63) is 80.8 Å². The molecule has 3 aliphatic heterocycles. The van der Waals surface area contributed by atoms with E-state index in [1.165, 1.54) is 0 Å². The predicted octanol–water partition coefficient (Wildman–Crippen LogP) is 9.04. The van der Waals surface area contributed by atoms with E-state index in [1.54, 1.807) is 28.9 Å². The molecule has 0 aliphatic carbocycles. The highest BCUT2D eigenvalue weighted by atomic mass is 35.5. The highest BCUT2D eigenvalue weighted by molar-refractivity contribution is 6.40. The number of carbonyl (C=O) groups excluding carboxylic acids is 4. The first kappa shape index (κ1) is 37.1. The SMILES string of the molecule is CC(=O)CC[C@H](C)CN1C(=O)COc2cc(-c3cccc(-c4cccc(-c5cc(Cl)c6c(c5)OCC(=O)N6C[C@@H]5CCC(=O)N5)c4Cl)c3Cl)cc(Cl)c21. The molecule has 3 heterocycles. The fraction of sp³-hybridized carbons (Fsp3) is 0.300. The highest BCUT2D eigenvalue weighted by Crippen LogP contribution is 2.48. The highest BCUT2D eigenvalue weighted by Gasteiger charge is 2.34. The van der Waals surface area contributed by atoms with Crippen LogP contribution in [0.25, 0.3) is 33.4 Å². The zero-order valence-electron chi connectivity index (χ0n) is 28.9. The number of carbonyl (C=O) groups is 4. The van der Waals surface area contributed by atoms with Gasteiger partial charge in [0.2, 0.25) is 5.91 Å². The maximum atomic E-state index is 12.9. The van der Waals surface area contributed by atoms with Crippen LogP contribution in [0.15, 0.2) is 60.7 Å². The second kappa shape index (κ2) is 15.2. The van der Waals surface area contributed by atoms with Crippen molar-refractivity contribution >= 4 is 81.3 Å². The van der Waals surface area contributed by atoms with Crippen LogP contribution in [0.1, 0.15) is 39.5 Å². The van der Waals surface area contributed by atoms with Crippen molar-refractivity contribution in [3.63, 3.8) is 0 Å². The third kappa shape index (κ3) is 7.45. The molecule has 274 valence electrons. The number of ketones is 1. The first-order valence-electron chi connectivity index (χ1n) is 17.3. The van der Waals surface area contributed by atoms with Crippen LogP contribution >= 0.6 is 46.4 Å². The van der Waals surface area contributed by atoms with E-state index in [9.17, 15) is 19.2 Å². The monoisotopic (exact) mass is 793 g/mol. The van der Waals surface area contributed by atoms with Crippen molar-refractivity contribution in [1.82, 2.24) is 5.32 Å². The minimum atomic E-state index is -0.240. The van der Waals surface area contributed by atoms with E-state index in [-0.39, 0.29) is 48.7 Å². The number of hydrogen-bond donors (Lipinski definition) is 1. The minimum absolute atomic E-state index is 0.0357. The van der Waals surface area contributed by atoms with E-state index in [2.05, 4.69) is 5.32 Å². The van der Waals surface area contributed by atoms with Gasteiger partial charge in [-0.3, -0.25) is 14.4 Å². The van der Waals surface area contributed by atoms with Crippen LogP contribution in [0.2, 0.25) is 20.1 Å². The quantitative estimate of drug-likeness (QED) is 0.172. The Morgan fingerprint density at radius 1 is 0.792 bits per heavy atom. The normalized spacial score (nSPS) is 17.2. The van der Waals surface area contributed by atoms with Gasteiger partial charge in [0.05, 0.1) is 20.1 Å². The summed E-state index contributed by atoms with van der Waals surface area (Å²) in [6.07, 6.45) is 2.16. The number of hydrogen-bond acceptors (Lipinski definition) is 6. The fourth-order valence-corrected chi connectivity index (χ4v) is 8.39. The van der Waals surface area contributed by atoms with Crippen LogP contribution in [0, 0.1) is 5.92 Å². The van der Waals surface area contributed by atoms with Gasteiger partial charge >= 0.3 is 0 Å². The van der Waals surface area contributed by atoms with Crippen LogP contribution in [0.5, 0.6) is 11.5 Å². The average molecular weight is 796 g/mol. The Morgan fingerprint density at radius 3 is 1.81 bits per heavy atom. The molecule has 0 saturated carbocycles. The van der Waals surface area contributed by atoms with E-state index in [0.717, 1.165) is 0 Å². The Balaban J connectivity index is 1.20. The summed E-state index contributed by atoms with van der Waals surface area (Å²) in [7, 11) is 0. The van der Waals surface area contributed by atoms with Gasteiger partial charge in [0.1, 0.15) is 28.7 Å². The van der Waals surface area contributed by atoms with E-state index < -0.39 is 0 Å². The summed E-state index contributed by atoms with van der Waals surface area (Å²) in [5, 5.41) is 4.43. The van der Waals surface area contributed by atoms with Crippen molar-refractivity contribution in [1.29, 1.82) is 0 Å². The molecular formula is C40H35Cl4N3O6. The number of fused-ring (bicyclic) bond motifs is 2. The van der Waals surface area contributed by atoms with Gasteiger partial charge in [0.25, 0.3) is 11.8 Å². The molecule has 0 bridgehead atoms. The molecule has 4 aromatic rings. The van der Waals surface area contributed by atoms with Gasteiger partial charge in [-0.15, -0.1) is 0 Å². The first-order valence-corrected chi connectivity index (χ1v) is 18.8. The summed E-state index contributed by atoms with van der Waals surface area (Å²) in [4.78, 5) is 52.4. The molecule has 3 amide bonds. The lowest BCUT2D eigenvalue weighted by Crippen LogP contribution is -2.46. The molecule has 4 aromatic carbocycles. The van der Waals surface area contributed by atoms with E-state index in [0.29, 0.717) is 115 Å². The fourth-order valence-electron chi connectivity index (χ4n) is 7.09. The Hall–Kier alpha value is -4.28. The maximum absolute atomic E-state index is 12.9. The van der Waals surface area contributed by atoms with E-state index >= 15 is 0 Å². The Bertz CT molecular complexity index is 2170. The summed E-state index contributed by atoms with van der Waals surface area (Å²) in [5.41, 5.74) is 5.05. The Morgan fingerprint density at radius 2 is 1.30 bits per heavy atom. The molecule has 1 saturated heterocycles. The summed E-state index contributed by atoms with van der Waals surface area (Å²) in [5.74, 6) is 0.613. The summed E-state index contributed by atoms with van der Waals surface area (Å²) < 4.78 is 11.7. The molecular weight excluding hydrogens is 760 g/mol. The van der Waals surface area contributed by atoms with Crippen molar-refractivity contribution in [3.8, 4) is 44.9 Å². The molecule has 53 heavy (non-hydrogen) atoms. The van der Waals surface area contributed by atoms with Gasteiger partial charge in [-0.05, 0) is 61.1 Å². The number of anilines is 2. The van der Waals surface area contributed by atoms with Gasteiger partial charge < -0.3 is 29.4 Å². The van der Waals surface area contributed by atoms with Gasteiger partial charge in [0, 0.05) is 54.2 Å². The molecule has 0 unspecified atom stereocenters. The standard InChI is InChI=1S/C40H35Cl4N3O6/c1-21(9-10-22(2)48)17-46-35(50)19-52-32-15-23(13-30(41)39(32)46)26-5-3-7-28(37(26)43)29-8-4-6-27(38(29)44)24-14-31(42)40-33(16-24)53-20-36(51)47(40)18-25-11-12-34(49)45-25/h3-8,13-16,21,25H,9-12,17-20H2,1-2H3,(H,45,49)/t21-,25-/m0/s1. The van der Waals surface area contributed by atoms with E-state index in [1.807, 2.05) is 55.5 Å². The van der Waals surface area contributed by atoms with Crippen LogP contribution in [-0.4, -0.2) is 55.8 Å². The number of Topliss-reactive ketones (excluding diaryl/α,β-unsaturated/α-hetero) is 1. The van der Waals surface area contributed by atoms with Gasteiger partial charge in [-0.1, -0.05) is 89.7 Å². The number of amides is 3. The molecule has 1 N–H and O–H groups in total. The third-order valence-corrected chi connectivity index (χ3v) is 11.2. The van der Waals surface area contributed by atoms with Crippen LogP contribution in [0.3, 0.4) is 0 Å². The lowest BCUT2D eigenvalue weighted by atomic mass is 9.95. The Kier molecular flexibility index (Phi) is 10.6. The van der Waals surface area contributed by atoms with Gasteiger partial charge in [0.15, 0.2) is 13.2 Å². The van der Waals surface area contributed by atoms with Crippen LogP contribution < -0.4 is 24.6 Å². The van der Waals surface area contributed by atoms with Crippen molar-refractivity contribution in [2.24, 2.45) is 5.92 Å². The predicted molar refractivity (Wildman–Crippen MR) is 209 cm³/mol. The van der Waals surface area contributed by atoms with Crippen molar-refractivity contribution < 1.29 is 28.7 Å². The largest absolute Gasteiger partial charge is 0.481 e. The first-order chi connectivity index (χ1) is 25.4. The second-order valence-corrected chi connectivity index (χ2v) is 15.2. The van der Waals surface area contributed by atoms with Crippen molar-refractivity contribution in [2.45, 2.75) is 45.6 Å². The molecule has 13 heteroatoms. The molecule has 2 atom stereocenters. The second-order valence-electron chi connectivity index (χ2n) is 13.7. The molecule has 1 fully saturated rings. The molecule has 9 nitrogen and oxygen atoms in total. The maximum Gasteiger partial charge on any atom is 0.265 e. The zero-order valence-corrected chi connectivity index (χ0v) is 32.0. The summed E-state index contributed by atoms with van der Waals surface area (Å²) in [6.45, 7) is 3.98. The summed E-state index contributed by atoms with van der Waals surface area (Å²) >= 11 is 28.0. The average Bonchev–Trinajstić information content (AvgIpc) is 3.54. The molecule has 0 radical (unpaired) electrons. The minimum Gasteiger partial charge on any atom is -0.481 e. The smallest absolute Gasteiger partial charge is 0.265 e. The van der Waals surface area contributed by atoms with Crippen LogP contribution in [0.4, 0.5) is 11.4 Å². The topological polar surface area (TPSA) is 105 Å².